The Morgan fingerprint density at radius 3 is 2.95 bits per heavy atom. The van der Waals surface area contributed by atoms with Crippen molar-refractivity contribution in [3.63, 3.8) is 0 Å². The lowest BCUT2D eigenvalue weighted by atomic mass is 10.0. The minimum absolute atomic E-state index is 0.159. The van der Waals surface area contributed by atoms with E-state index in [4.69, 9.17) is 0 Å². The summed E-state index contributed by atoms with van der Waals surface area (Å²) >= 11 is 0. The second-order valence-corrected chi connectivity index (χ2v) is 6.32. The first kappa shape index (κ1) is 12.3. The van der Waals surface area contributed by atoms with Gasteiger partial charge in [0.2, 0.25) is 5.91 Å². The van der Waals surface area contributed by atoms with Crippen LogP contribution in [0.15, 0.2) is 24.5 Å². The summed E-state index contributed by atoms with van der Waals surface area (Å²) in [6, 6.07) is 4.20. The van der Waals surface area contributed by atoms with E-state index in [1.807, 2.05) is 12.3 Å². The van der Waals surface area contributed by atoms with Crippen molar-refractivity contribution in [2.24, 2.45) is 17.8 Å². The lowest BCUT2D eigenvalue weighted by Gasteiger charge is -2.37. The van der Waals surface area contributed by atoms with Crippen LogP contribution in [0.1, 0.15) is 30.9 Å². The molecule has 0 bridgehead atoms. The van der Waals surface area contributed by atoms with Gasteiger partial charge in [-0.05, 0) is 36.3 Å². The maximum atomic E-state index is 12.8. The molecular weight excluding hydrogens is 250 g/mol. The predicted molar refractivity (Wildman–Crippen MR) is 75.9 cm³/mol. The van der Waals surface area contributed by atoms with Gasteiger partial charge in [0.15, 0.2) is 0 Å². The van der Waals surface area contributed by atoms with Crippen LogP contribution in [0.4, 0.5) is 0 Å². The lowest BCUT2D eigenvalue weighted by Crippen LogP contribution is -2.49. The topological polar surface area (TPSA) is 45.2 Å². The van der Waals surface area contributed by atoms with Gasteiger partial charge in [-0.25, -0.2) is 0 Å². The highest BCUT2D eigenvalue weighted by Crippen LogP contribution is 2.58. The molecule has 4 nitrogen and oxygen atoms in total. The number of aromatic nitrogens is 1. The molecule has 0 spiro atoms. The summed E-state index contributed by atoms with van der Waals surface area (Å²) in [6.45, 7) is 2.58. The molecule has 3 aliphatic rings. The Labute approximate surface area is 119 Å². The van der Waals surface area contributed by atoms with Crippen LogP contribution in [0, 0.1) is 17.8 Å². The van der Waals surface area contributed by atoms with Gasteiger partial charge < -0.3 is 10.2 Å². The maximum Gasteiger partial charge on any atom is 0.226 e. The highest BCUT2D eigenvalue weighted by Gasteiger charge is 2.58. The van der Waals surface area contributed by atoms with Gasteiger partial charge in [0, 0.05) is 37.9 Å². The van der Waals surface area contributed by atoms with Crippen LogP contribution in [0.5, 0.6) is 0 Å². The molecule has 20 heavy (non-hydrogen) atoms. The summed E-state index contributed by atoms with van der Waals surface area (Å²) in [7, 11) is 0. The molecule has 4 rings (SSSR count). The summed E-state index contributed by atoms with van der Waals surface area (Å²) < 4.78 is 0. The van der Waals surface area contributed by atoms with E-state index in [9.17, 15) is 4.79 Å². The van der Waals surface area contributed by atoms with Crippen LogP contribution < -0.4 is 5.32 Å². The Morgan fingerprint density at radius 2 is 2.20 bits per heavy atom. The number of piperazine rings is 1. The Balaban J connectivity index is 1.54. The second kappa shape index (κ2) is 4.85. The van der Waals surface area contributed by atoms with E-state index in [0.717, 1.165) is 25.2 Å². The molecule has 1 saturated heterocycles. The molecule has 1 N–H and O–H groups in total. The van der Waals surface area contributed by atoms with Crippen molar-refractivity contribution in [3.05, 3.63) is 30.1 Å². The normalized spacial score (nSPS) is 35.7. The molecule has 3 fully saturated rings. The van der Waals surface area contributed by atoms with E-state index >= 15 is 0 Å². The van der Waals surface area contributed by atoms with Gasteiger partial charge in [-0.15, -0.1) is 0 Å². The lowest BCUT2D eigenvalue weighted by molar-refractivity contribution is -0.136. The average molecular weight is 271 g/mol. The molecule has 2 aliphatic carbocycles. The number of pyridine rings is 1. The minimum Gasteiger partial charge on any atom is -0.333 e. The van der Waals surface area contributed by atoms with Gasteiger partial charge >= 0.3 is 0 Å². The van der Waals surface area contributed by atoms with Crippen molar-refractivity contribution in [3.8, 4) is 0 Å². The number of carbonyl (C=O) groups is 1. The van der Waals surface area contributed by atoms with Crippen LogP contribution in [-0.2, 0) is 4.79 Å². The van der Waals surface area contributed by atoms with Crippen molar-refractivity contribution in [1.82, 2.24) is 15.2 Å². The van der Waals surface area contributed by atoms with Gasteiger partial charge in [0.05, 0.1) is 6.04 Å². The zero-order chi connectivity index (χ0) is 13.5. The third kappa shape index (κ3) is 1.94. The van der Waals surface area contributed by atoms with Crippen LogP contribution in [0.2, 0.25) is 0 Å². The minimum atomic E-state index is 0.159. The third-order valence-electron chi connectivity index (χ3n) is 5.29. The Morgan fingerprint density at radius 1 is 1.35 bits per heavy atom. The van der Waals surface area contributed by atoms with E-state index in [-0.39, 0.29) is 6.04 Å². The van der Waals surface area contributed by atoms with Crippen molar-refractivity contribution in [2.75, 3.05) is 19.6 Å². The summed E-state index contributed by atoms with van der Waals surface area (Å²) in [5.41, 5.74) is 1.15. The first-order chi connectivity index (χ1) is 9.86. The zero-order valence-electron chi connectivity index (χ0n) is 11.7. The van der Waals surface area contributed by atoms with E-state index in [1.165, 1.54) is 19.3 Å². The fourth-order valence-electron chi connectivity index (χ4n) is 4.22. The highest BCUT2D eigenvalue weighted by atomic mass is 16.2. The Bertz CT molecular complexity index is 494. The molecule has 106 valence electrons. The van der Waals surface area contributed by atoms with Gasteiger partial charge in [-0.3, -0.25) is 9.78 Å². The van der Waals surface area contributed by atoms with Gasteiger partial charge in [0.1, 0.15) is 0 Å². The monoisotopic (exact) mass is 271 g/mol. The quantitative estimate of drug-likeness (QED) is 0.888. The molecule has 4 heteroatoms. The molecule has 1 amide bonds. The van der Waals surface area contributed by atoms with Crippen LogP contribution in [-0.4, -0.2) is 35.4 Å². The van der Waals surface area contributed by atoms with Crippen molar-refractivity contribution in [1.29, 1.82) is 0 Å². The third-order valence-corrected chi connectivity index (χ3v) is 5.29. The highest BCUT2D eigenvalue weighted by molar-refractivity contribution is 5.83. The standard InChI is InChI=1S/C16H21N3O/c20-16(15-12-4-1-5-13(12)15)19-8-7-18-10-14(19)11-3-2-6-17-9-11/h2-3,6,9,12-15,18H,1,4-5,7-8,10H2/t12-,13+,14-,15?/m0/s1. The number of carbonyl (C=O) groups excluding carboxylic acids is 1. The van der Waals surface area contributed by atoms with Crippen molar-refractivity contribution in [2.45, 2.75) is 25.3 Å². The molecule has 2 saturated carbocycles. The fraction of sp³-hybridized carbons (Fsp3) is 0.625. The van der Waals surface area contributed by atoms with E-state index < -0.39 is 0 Å². The van der Waals surface area contributed by atoms with E-state index in [1.54, 1.807) is 6.20 Å². The van der Waals surface area contributed by atoms with Crippen LogP contribution >= 0.6 is 0 Å². The summed E-state index contributed by atoms with van der Waals surface area (Å²) in [6.07, 6.45) is 7.55. The SMILES string of the molecule is O=C(C1[C@H]2CCC[C@@H]12)N1CCNC[C@H]1c1cccnc1. The number of amides is 1. The summed E-state index contributed by atoms with van der Waals surface area (Å²) in [5.74, 6) is 2.13. The molecule has 2 heterocycles. The Hall–Kier alpha value is -1.42. The van der Waals surface area contributed by atoms with E-state index in [2.05, 4.69) is 21.3 Å². The second-order valence-electron chi connectivity index (χ2n) is 6.32. The fourth-order valence-corrected chi connectivity index (χ4v) is 4.22. The summed E-state index contributed by atoms with van der Waals surface area (Å²) in [4.78, 5) is 19.1. The first-order valence-electron chi connectivity index (χ1n) is 7.77. The predicted octanol–water partition coefficient (Wildman–Crippen LogP) is 1.60. The Kier molecular flexibility index (Phi) is 2.99. The zero-order valence-corrected chi connectivity index (χ0v) is 11.7. The smallest absolute Gasteiger partial charge is 0.226 e. The molecule has 1 aromatic heterocycles. The molecule has 1 unspecified atom stereocenters. The number of hydrogen-bond acceptors (Lipinski definition) is 3. The molecule has 0 aromatic carbocycles. The van der Waals surface area contributed by atoms with Crippen molar-refractivity contribution >= 4 is 5.91 Å². The molecule has 1 aromatic rings. The van der Waals surface area contributed by atoms with E-state index in [0.29, 0.717) is 23.7 Å². The summed E-state index contributed by atoms with van der Waals surface area (Å²) in [5, 5.41) is 3.41. The molecule has 1 aliphatic heterocycles. The first-order valence-corrected chi connectivity index (χ1v) is 7.77. The number of fused-ring (bicyclic) bond motifs is 1. The molecular formula is C16H21N3O. The van der Waals surface area contributed by atoms with Gasteiger partial charge in [-0.2, -0.15) is 0 Å². The number of hydrogen-bond donors (Lipinski definition) is 1. The molecule has 0 radical (unpaired) electrons. The van der Waals surface area contributed by atoms with Crippen molar-refractivity contribution < 1.29 is 4.79 Å². The number of nitrogens with one attached hydrogen (secondary N) is 1. The van der Waals surface area contributed by atoms with Gasteiger partial charge in [0.25, 0.3) is 0 Å². The largest absolute Gasteiger partial charge is 0.333 e. The maximum absolute atomic E-state index is 12.8. The number of nitrogens with zero attached hydrogens (tertiary/aromatic N) is 2. The molecule has 4 atom stereocenters. The van der Waals surface area contributed by atoms with Crippen LogP contribution in [0.3, 0.4) is 0 Å². The average Bonchev–Trinajstić information content (AvgIpc) is 2.99. The van der Waals surface area contributed by atoms with Gasteiger partial charge in [-0.1, -0.05) is 12.5 Å². The number of rotatable bonds is 2. The van der Waals surface area contributed by atoms with Crippen LogP contribution in [0.25, 0.3) is 0 Å².